The molecule has 1 aromatic carbocycles. The highest BCUT2D eigenvalue weighted by Crippen LogP contribution is 2.28. The SMILES string of the molecule is CCNC(=NCc1ccc(OCC)c(OC)c1)N1CCC(OCCCOC)CC1. The molecule has 0 aliphatic carbocycles. The molecule has 7 nitrogen and oxygen atoms in total. The fourth-order valence-corrected chi connectivity index (χ4v) is 3.36. The third-order valence-electron chi connectivity index (χ3n) is 4.86. The standard InChI is InChI=1S/C22H37N3O4/c1-5-23-22(25-12-10-19(11-13-25)29-15-7-14-26-3)24-17-18-8-9-20(28-6-2)21(16-18)27-4/h8-9,16,19H,5-7,10-15,17H2,1-4H3,(H,23,24). The Kier molecular flexibility index (Phi) is 10.7. The Morgan fingerprint density at radius 3 is 2.59 bits per heavy atom. The predicted octanol–water partition coefficient (Wildman–Crippen LogP) is 3.08. The second-order valence-corrected chi connectivity index (χ2v) is 6.99. The number of benzene rings is 1. The maximum atomic E-state index is 5.97. The molecule has 1 aromatic rings. The molecule has 1 aliphatic rings. The molecular weight excluding hydrogens is 370 g/mol. The van der Waals surface area contributed by atoms with Crippen LogP contribution in [0.1, 0.15) is 38.7 Å². The number of aliphatic imine (C=N–C) groups is 1. The van der Waals surface area contributed by atoms with Crippen LogP contribution in [0.2, 0.25) is 0 Å². The second-order valence-electron chi connectivity index (χ2n) is 6.99. The van der Waals surface area contributed by atoms with E-state index < -0.39 is 0 Å². The molecule has 1 saturated heterocycles. The molecule has 1 N–H and O–H groups in total. The van der Waals surface area contributed by atoms with Gasteiger partial charge in [-0.05, 0) is 50.8 Å². The number of piperidine rings is 1. The summed E-state index contributed by atoms with van der Waals surface area (Å²) >= 11 is 0. The van der Waals surface area contributed by atoms with Crippen molar-refractivity contribution in [3.05, 3.63) is 23.8 Å². The van der Waals surface area contributed by atoms with Crippen LogP contribution in [-0.4, -0.2) is 70.6 Å². The summed E-state index contributed by atoms with van der Waals surface area (Å²) in [6, 6.07) is 5.99. The van der Waals surface area contributed by atoms with E-state index in [1.165, 1.54) is 0 Å². The van der Waals surface area contributed by atoms with E-state index in [1.54, 1.807) is 14.2 Å². The van der Waals surface area contributed by atoms with Crippen molar-refractivity contribution in [2.24, 2.45) is 4.99 Å². The number of nitrogens with zero attached hydrogens (tertiary/aromatic N) is 2. The smallest absolute Gasteiger partial charge is 0.194 e. The van der Waals surface area contributed by atoms with Crippen LogP contribution in [0.15, 0.2) is 23.2 Å². The van der Waals surface area contributed by atoms with E-state index in [-0.39, 0.29) is 0 Å². The van der Waals surface area contributed by atoms with Crippen molar-refractivity contribution in [1.82, 2.24) is 10.2 Å². The average molecular weight is 408 g/mol. The minimum Gasteiger partial charge on any atom is -0.493 e. The molecule has 0 atom stereocenters. The van der Waals surface area contributed by atoms with Gasteiger partial charge in [-0.15, -0.1) is 0 Å². The van der Waals surface area contributed by atoms with Gasteiger partial charge in [-0.3, -0.25) is 0 Å². The van der Waals surface area contributed by atoms with Crippen molar-refractivity contribution in [1.29, 1.82) is 0 Å². The molecule has 0 aromatic heterocycles. The molecule has 0 unspecified atom stereocenters. The molecule has 0 amide bonds. The van der Waals surface area contributed by atoms with Gasteiger partial charge in [0, 0.05) is 40.0 Å². The van der Waals surface area contributed by atoms with E-state index >= 15 is 0 Å². The fourth-order valence-electron chi connectivity index (χ4n) is 3.36. The largest absolute Gasteiger partial charge is 0.493 e. The molecule has 1 heterocycles. The minimum absolute atomic E-state index is 0.335. The van der Waals surface area contributed by atoms with Crippen LogP contribution in [0.4, 0.5) is 0 Å². The first-order chi connectivity index (χ1) is 14.2. The van der Waals surface area contributed by atoms with Gasteiger partial charge in [-0.25, -0.2) is 4.99 Å². The van der Waals surface area contributed by atoms with Crippen LogP contribution >= 0.6 is 0 Å². The average Bonchev–Trinajstić information content (AvgIpc) is 2.75. The zero-order valence-corrected chi connectivity index (χ0v) is 18.4. The Balaban J connectivity index is 1.91. The van der Waals surface area contributed by atoms with Gasteiger partial charge >= 0.3 is 0 Å². The maximum Gasteiger partial charge on any atom is 0.194 e. The fraction of sp³-hybridized carbons (Fsp3) is 0.682. The molecule has 0 spiro atoms. The Labute approximate surface area is 175 Å². The lowest BCUT2D eigenvalue weighted by Crippen LogP contribution is -2.47. The number of methoxy groups -OCH3 is 2. The van der Waals surface area contributed by atoms with E-state index in [1.807, 2.05) is 25.1 Å². The van der Waals surface area contributed by atoms with Gasteiger partial charge in [0.25, 0.3) is 0 Å². The maximum absolute atomic E-state index is 5.97. The Morgan fingerprint density at radius 1 is 1.14 bits per heavy atom. The number of likely N-dealkylation sites (tertiary alicyclic amines) is 1. The van der Waals surface area contributed by atoms with Gasteiger partial charge in [-0.1, -0.05) is 6.07 Å². The molecule has 0 saturated carbocycles. The van der Waals surface area contributed by atoms with Crippen LogP contribution in [0, 0.1) is 0 Å². The third kappa shape index (κ3) is 7.74. The molecule has 7 heteroatoms. The van der Waals surface area contributed by atoms with Crippen LogP contribution < -0.4 is 14.8 Å². The molecule has 29 heavy (non-hydrogen) atoms. The third-order valence-corrected chi connectivity index (χ3v) is 4.86. The van der Waals surface area contributed by atoms with Crippen LogP contribution in [0.3, 0.4) is 0 Å². The second kappa shape index (κ2) is 13.3. The summed E-state index contributed by atoms with van der Waals surface area (Å²) in [4.78, 5) is 7.17. The summed E-state index contributed by atoms with van der Waals surface area (Å²) in [5.74, 6) is 2.47. The Hall–Kier alpha value is -1.99. The van der Waals surface area contributed by atoms with Crippen molar-refractivity contribution < 1.29 is 18.9 Å². The van der Waals surface area contributed by atoms with E-state index in [2.05, 4.69) is 17.1 Å². The van der Waals surface area contributed by atoms with Crippen LogP contribution in [0.5, 0.6) is 11.5 Å². The minimum atomic E-state index is 0.335. The summed E-state index contributed by atoms with van der Waals surface area (Å²) < 4.78 is 22.1. The van der Waals surface area contributed by atoms with Gasteiger partial charge in [0.1, 0.15) is 0 Å². The van der Waals surface area contributed by atoms with E-state index in [0.29, 0.717) is 19.3 Å². The summed E-state index contributed by atoms with van der Waals surface area (Å²) in [7, 11) is 3.39. The van der Waals surface area contributed by atoms with Gasteiger partial charge in [0.05, 0.1) is 26.4 Å². The van der Waals surface area contributed by atoms with Crippen molar-refractivity contribution >= 4 is 5.96 Å². The normalized spacial score (nSPS) is 15.4. The molecule has 2 rings (SSSR count). The van der Waals surface area contributed by atoms with Crippen molar-refractivity contribution in [2.75, 3.05) is 53.7 Å². The quantitative estimate of drug-likeness (QED) is 0.346. The number of ether oxygens (including phenoxy) is 4. The molecule has 0 bridgehead atoms. The highest BCUT2D eigenvalue weighted by molar-refractivity contribution is 5.80. The van der Waals surface area contributed by atoms with Crippen molar-refractivity contribution in [2.45, 2.75) is 45.8 Å². The zero-order valence-electron chi connectivity index (χ0n) is 18.4. The summed E-state index contributed by atoms with van der Waals surface area (Å²) in [6.07, 6.45) is 3.33. The monoisotopic (exact) mass is 407 g/mol. The number of nitrogens with one attached hydrogen (secondary N) is 1. The summed E-state index contributed by atoms with van der Waals surface area (Å²) in [5.41, 5.74) is 1.09. The summed E-state index contributed by atoms with van der Waals surface area (Å²) in [6.45, 7) is 9.55. The van der Waals surface area contributed by atoms with Crippen molar-refractivity contribution in [3.8, 4) is 11.5 Å². The molecule has 0 radical (unpaired) electrons. The first-order valence-corrected chi connectivity index (χ1v) is 10.6. The lowest BCUT2D eigenvalue weighted by Gasteiger charge is -2.34. The van der Waals surface area contributed by atoms with Crippen LogP contribution in [-0.2, 0) is 16.0 Å². The number of hydrogen-bond acceptors (Lipinski definition) is 5. The van der Waals surface area contributed by atoms with Gasteiger partial charge in [0.15, 0.2) is 17.5 Å². The van der Waals surface area contributed by atoms with E-state index in [9.17, 15) is 0 Å². The van der Waals surface area contributed by atoms with Gasteiger partial charge < -0.3 is 29.2 Å². The lowest BCUT2D eigenvalue weighted by atomic mass is 10.1. The molecule has 1 aliphatic heterocycles. The van der Waals surface area contributed by atoms with Crippen LogP contribution in [0.25, 0.3) is 0 Å². The molecule has 1 fully saturated rings. The molecule has 164 valence electrons. The first kappa shape index (κ1) is 23.3. The Bertz CT molecular complexity index is 616. The van der Waals surface area contributed by atoms with E-state index in [0.717, 1.165) is 75.1 Å². The first-order valence-electron chi connectivity index (χ1n) is 10.6. The highest BCUT2D eigenvalue weighted by atomic mass is 16.5. The number of guanidine groups is 1. The van der Waals surface area contributed by atoms with Crippen molar-refractivity contribution in [3.63, 3.8) is 0 Å². The zero-order chi connectivity index (χ0) is 20.9. The number of hydrogen-bond donors (Lipinski definition) is 1. The lowest BCUT2D eigenvalue weighted by molar-refractivity contribution is 0.00990. The Morgan fingerprint density at radius 2 is 1.93 bits per heavy atom. The molecular formula is C22H37N3O4. The van der Waals surface area contributed by atoms with E-state index in [4.69, 9.17) is 23.9 Å². The highest BCUT2D eigenvalue weighted by Gasteiger charge is 2.21. The predicted molar refractivity (Wildman–Crippen MR) is 116 cm³/mol. The number of rotatable bonds is 11. The topological polar surface area (TPSA) is 64.6 Å². The van der Waals surface area contributed by atoms with Gasteiger partial charge in [0.2, 0.25) is 0 Å². The van der Waals surface area contributed by atoms with Gasteiger partial charge in [-0.2, -0.15) is 0 Å². The summed E-state index contributed by atoms with van der Waals surface area (Å²) in [5, 5.41) is 3.42.